The van der Waals surface area contributed by atoms with Crippen LogP contribution < -0.4 is 10.1 Å². The highest BCUT2D eigenvalue weighted by atomic mass is 16.6. The summed E-state index contributed by atoms with van der Waals surface area (Å²) in [5.41, 5.74) is 0.841. The molecule has 0 fully saturated rings. The zero-order chi connectivity index (χ0) is 19.4. The van der Waals surface area contributed by atoms with Crippen LogP contribution in [0.2, 0.25) is 0 Å². The summed E-state index contributed by atoms with van der Waals surface area (Å²) in [7, 11) is 1.55. The van der Waals surface area contributed by atoms with Crippen LogP contribution in [0.25, 0.3) is 11.4 Å². The van der Waals surface area contributed by atoms with Crippen LogP contribution in [0, 0.1) is 10.1 Å². The number of non-ortho nitro benzene ring substituents is 1. The maximum absolute atomic E-state index is 12.3. The number of aromatic nitrogens is 2. The van der Waals surface area contributed by atoms with Crippen LogP contribution in [-0.4, -0.2) is 28.1 Å². The van der Waals surface area contributed by atoms with Crippen molar-refractivity contribution in [3.05, 3.63) is 70.1 Å². The van der Waals surface area contributed by atoms with Gasteiger partial charge in [0.25, 0.3) is 11.6 Å². The summed E-state index contributed by atoms with van der Waals surface area (Å²) in [6.45, 7) is 1.70. The van der Waals surface area contributed by atoms with E-state index in [4.69, 9.17) is 9.26 Å². The molecule has 1 amide bonds. The summed E-state index contributed by atoms with van der Waals surface area (Å²) >= 11 is 0. The van der Waals surface area contributed by atoms with Gasteiger partial charge in [0, 0.05) is 23.3 Å². The number of amides is 1. The quantitative estimate of drug-likeness (QED) is 0.524. The molecule has 1 heterocycles. The number of nitro groups is 1. The van der Waals surface area contributed by atoms with Gasteiger partial charge in [0.05, 0.1) is 12.0 Å². The van der Waals surface area contributed by atoms with Crippen LogP contribution in [-0.2, 0) is 0 Å². The lowest BCUT2D eigenvalue weighted by Crippen LogP contribution is -2.26. The molecule has 0 aliphatic carbocycles. The highest BCUT2D eigenvalue weighted by molar-refractivity contribution is 5.94. The van der Waals surface area contributed by atoms with Crippen LogP contribution >= 0.6 is 0 Å². The Hall–Kier alpha value is -3.75. The first-order chi connectivity index (χ1) is 13.0. The van der Waals surface area contributed by atoms with Crippen molar-refractivity contribution < 1.29 is 19.0 Å². The third-order valence-corrected chi connectivity index (χ3v) is 3.83. The van der Waals surface area contributed by atoms with Crippen LogP contribution in [0.15, 0.2) is 53.1 Å². The fraction of sp³-hybridized carbons (Fsp3) is 0.167. The molecule has 0 unspecified atom stereocenters. The average molecular weight is 368 g/mol. The van der Waals surface area contributed by atoms with Crippen molar-refractivity contribution in [3.8, 4) is 17.1 Å². The lowest BCUT2D eigenvalue weighted by atomic mass is 10.2. The Balaban J connectivity index is 1.72. The third-order valence-electron chi connectivity index (χ3n) is 3.83. The van der Waals surface area contributed by atoms with Crippen LogP contribution in [0.5, 0.6) is 5.75 Å². The summed E-state index contributed by atoms with van der Waals surface area (Å²) < 4.78 is 10.2. The van der Waals surface area contributed by atoms with Gasteiger partial charge < -0.3 is 14.6 Å². The molecule has 2 aromatic carbocycles. The van der Waals surface area contributed by atoms with Crippen molar-refractivity contribution in [1.29, 1.82) is 0 Å². The Kier molecular flexibility index (Phi) is 5.11. The van der Waals surface area contributed by atoms with Gasteiger partial charge in [-0.05, 0) is 31.2 Å². The van der Waals surface area contributed by atoms with Crippen molar-refractivity contribution in [2.45, 2.75) is 13.0 Å². The number of ether oxygens (including phenoxy) is 1. The minimum atomic E-state index is -0.542. The monoisotopic (exact) mass is 368 g/mol. The molecule has 3 rings (SSSR count). The third kappa shape index (κ3) is 4.09. The second-order valence-electron chi connectivity index (χ2n) is 5.69. The first kappa shape index (κ1) is 18.1. The predicted octanol–water partition coefficient (Wildman–Crippen LogP) is 3.14. The van der Waals surface area contributed by atoms with E-state index in [2.05, 4.69) is 15.5 Å². The van der Waals surface area contributed by atoms with Gasteiger partial charge in [-0.3, -0.25) is 14.9 Å². The van der Waals surface area contributed by atoms with E-state index in [0.29, 0.717) is 16.9 Å². The number of benzene rings is 2. The first-order valence-electron chi connectivity index (χ1n) is 8.01. The normalized spacial score (nSPS) is 11.6. The van der Waals surface area contributed by atoms with E-state index in [1.54, 1.807) is 50.4 Å². The number of carbonyl (C=O) groups excluding carboxylic acids is 1. The molecule has 27 heavy (non-hydrogen) atoms. The molecule has 9 nitrogen and oxygen atoms in total. The number of methoxy groups -OCH3 is 1. The molecule has 9 heteroatoms. The van der Waals surface area contributed by atoms with Gasteiger partial charge in [0.15, 0.2) is 0 Å². The summed E-state index contributed by atoms with van der Waals surface area (Å²) in [4.78, 5) is 26.9. The van der Waals surface area contributed by atoms with Gasteiger partial charge >= 0.3 is 0 Å². The fourth-order valence-electron chi connectivity index (χ4n) is 2.37. The van der Waals surface area contributed by atoms with Crippen molar-refractivity contribution in [1.82, 2.24) is 15.5 Å². The van der Waals surface area contributed by atoms with E-state index in [-0.39, 0.29) is 23.3 Å². The minimum Gasteiger partial charge on any atom is -0.497 e. The van der Waals surface area contributed by atoms with E-state index in [1.165, 1.54) is 12.1 Å². The molecule has 1 aromatic heterocycles. The molecule has 3 aromatic rings. The SMILES string of the molecule is COc1ccc(C(=O)N[C@H](C)c2nc(-c3cccc([N+](=O)[O-])c3)no2)cc1. The molecule has 0 aliphatic rings. The predicted molar refractivity (Wildman–Crippen MR) is 95.3 cm³/mol. The van der Waals surface area contributed by atoms with Gasteiger partial charge in [-0.1, -0.05) is 17.3 Å². The maximum Gasteiger partial charge on any atom is 0.270 e. The van der Waals surface area contributed by atoms with E-state index in [1.807, 2.05) is 0 Å². The molecular formula is C18H16N4O5. The lowest BCUT2D eigenvalue weighted by molar-refractivity contribution is -0.384. The Morgan fingerprint density at radius 1 is 1.26 bits per heavy atom. The standard InChI is InChI=1S/C18H16N4O5/c1-11(19-17(23)12-6-8-15(26-2)9-7-12)18-20-16(21-27-18)13-4-3-5-14(10-13)22(24)25/h3-11H,1-2H3,(H,19,23)/t11-/m1/s1. The largest absolute Gasteiger partial charge is 0.497 e. The number of nitrogens with one attached hydrogen (secondary N) is 1. The minimum absolute atomic E-state index is 0.0697. The molecule has 0 saturated carbocycles. The Morgan fingerprint density at radius 2 is 2.00 bits per heavy atom. The van der Waals surface area contributed by atoms with Crippen molar-refractivity contribution in [2.75, 3.05) is 7.11 Å². The number of rotatable bonds is 6. The Morgan fingerprint density at radius 3 is 2.67 bits per heavy atom. The van der Waals surface area contributed by atoms with Gasteiger partial charge in [0.1, 0.15) is 11.8 Å². The second kappa shape index (κ2) is 7.65. The number of nitro benzene ring substituents is 1. The zero-order valence-corrected chi connectivity index (χ0v) is 14.6. The highest BCUT2D eigenvalue weighted by Crippen LogP contribution is 2.23. The van der Waals surface area contributed by atoms with E-state index in [0.717, 1.165) is 0 Å². The molecule has 1 N–H and O–H groups in total. The van der Waals surface area contributed by atoms with Crippen molar-refractivity contribution in [2.24, 2.45) is 0 Å². The molecule has 0 aliphatic heterocycles. The number of nitrogens with zero attached hydrogens (tertiary/aromatic N) is 3. The van der Waals surface area contributed by atoms with Crippen molar-refractivity contribution in [3.63, 3.8) is 0 Å². The van der Waals surface area contributed by atoms with Crippen LogP contribution in [0.4, 0.5) is 5.69 Å². The smallest absolute Gasteiger partial charge is 0.270 e. The highest BCUT2D eigenvalue weighted by Gasteiger charge is 2.19. The molecule has 1 atom stereocenters. The van der Waals surface area contributed by atoms with Crippen molar-refractivity contribution >= 4 is 11.6 Å². The van der Waals surface area contributed by atoms with Gasteiger partial charge in [0.2, 0.25) is 11.7 Å². The van der Waals surface area contributed by atoms with E-state index in [9.17, 15) is 14.9 Å². The Labute approximate surface area is 154 Å². The molecule has 0 spiro atoms. The number of hydrogen-bond acceptors (Lipinski definition) is 7. The van der Waals surface area contributed by atoms with E-state index < -0.39 is 11.0 Å². The molecular weight excluding hydrogens is 352 g/mol. The van der Waals surface area contributed by atoms with Gasteiger partial charge in [-0.2, -0.15) is 4.98 Å². The second-order valence-corrected chi connectivity index (χ2v) is 5.69. The van der Waals surface area contributed by atoms with Gasteiger partial charge in [-0.15, -0.1) is 0 Å². The molecule has 0 bridgehead atoms. The van der Waals surface area contributed by atoms with E-state index >= 15 is 0 Å². The van der Waals surface area contributed by atoms with Crippen LogP contribution in [0.1, 0.15) is 29.2 Å². The molecule has 0 radical (unpaired) electrons. The zero-order valence-electron chi connectivity index (χ0n) is 14.6. The number of carbonyl (C=O) groups is 1. The molecule has 138 valence electrons. The molecule has 0 saturated heterocycles. The number of hydrogen-bond donors (Lipinski definition) is 1. The summed E-state index contributed by atoms with van der Waals surface area (Å²) in [5.74, 6) is 0.746. The summed E-state index contributed by atoms with van der Waals surface area (Å²) in [6, 6.07) is 12.0. The lowest BCUT2D eigenvalue weighted by Gasteiger charge is -2.10. The maximum atomic E-state index is 12.3. The summed E-state index contributed by atoms with van der Waals surface area (Å²) in [6.07, 6.45) is 0. The first-order valence-corrected chi connectivity index (χ1v) is 8.01. The average Bonchev–Trinajstić information content (AvgIpc) is 3.18. The summed E-state index contributed by atoms with van der Waals surface area (Å²) in [5, 5.41) is 17.5. The van der Waals surface area contributed by atoms with Crippen LogP contribution in [0.3, 0.4) is 0 Å². The Bertz CT molecular complexity index is 968. The topological polar surface area (TPSA) is 120 Å². The fourth-order valence-corrected chi connectivity index (χ4v) is 2.37. The van der Waals surface area contributed by atoms with Gasteiger partial charge in [-0.25, -0.2) is 0 Å².